The SMILES string of the molecule is CCC.CNC(OC(CCO)C(C)O)C(O)O.FC(F)(F)C1=CCC(OCc2ccccc2)C=C1. The highest BCUT2D eigenvalue weighted by molar-refractivity contribution is 5.28. The number of benzene rings is 1. The highest BCUT2D eigenvalue weighted by atomic mass is 19.4. The molecule has 0 bridgehead atoms. The zero-order valence-corrected chi connectivity index (χ0v) is 20.8. The summed E-state index contributed by atoms with van der Waals surface area (Å²) in [6.07, 6.45) is -3.12. The van der Waals surface area contributed by atoms with Gasteiger partial charge in [-0.2, -0.15) is 13.2 Å². The van der Waals surface area contributed by atoms with Crippen molar-refractivity contribution in [1.29, 1.82) is 0 Å². The fourth-order valence-corrected chi connectivity index (χ4v) is 2.74. The van der Waals surface area contributed by atoms with E-state index >= 15 is 0 Å². The number of alkyl halides is 3. The van der Waals surface area contributed by atoms with Gasteiger partial charge in [-0.25, -0.2) is 0 Å². The van der Waals surface area contributed by atoms with Gasteiger partial charge in [-0.3, -0.25) is 5.32 Å². The Morgan fingerprint density at radius 1 is 1.11 bits per heavy atom. The van der Waals surface area contributed by atoms with Gasteiger partial charge in [-0.1, -0.05) is 68.8 Å². The van der Waals surface area contributed by atoms with Crippen molar-refractivity contribution >= 4 is 0 Å². The van der Waals surface area contributed by atoms with Crippen molar-refractivity contribution in [3.63, 3.8) is 0 Å². The third kappa shape index (κ3) is 15.0. The summed E-state index contributed by atoms with van der Waals surface area (Å²) in [7, 11) is 1.50. The zero-order valence-electron chi connectivity index (χ0n) is 20.8. The molecule has 35 heavy (non-hydrogen) atoms. The molecule has 0 saturated heterocycles. The van der Waals surface area contributed by atoms with Crippen LogP contribution in [0, 0.1) is 0 Å². The van der Waals surface area contributed by atoms with Gasteiger partial charge in [0.05, 0.1) is 30.5 Å². The normalized spacial score (nSPS) is 17.9. The smallest absolute Gasteiger partial charge is 0.396 e. The predicted octanol–water partition coefficient (Wildman–Crippen LogP) is 3.43. The van der Waals surface area contributed by atoms with Crippen LogP contribution in [0.5, 0.6) is 0 Å². The van der Waals surface area contributed by atoms with E-state index in [1.807, 2.05) is 30.3 Å². The van der Waals surface area contributed by atoms with Gasteiger partial charge in [0.1, 0.15) is 0 Å². The fraction of sp³-hybridized carbons (Fsp3) is 0.600. The summed E-state index contributed by atoms with van der Waals surface area (Å²) in [6, 6.07) is 9.55. The second-order valence-corrected chi connectivity index (χ2v) is 7.84. The number of hydrogen-bond acceptors (Lipinski definition) is 7. The summed E-state index contributed by atoms with van der Waals surface area (Å²) in [6.45, 7) is 6.04. The van der Waals surface area contributed by atoms with Gasteiger partial charge in [0, 0.05) is 6.61 Å². The minimum absolute atomic E-state index is 0.131. The molecule has 0 aromatic heterocycles. The average Bonchev–Trinajstić information content (AvgIpc) is 2.81. The van der Waals surface area contributed by atoms with E-state index in [1.54, 1.807) is 0 Å². The first kappa shape index (κ1) is 33.2. The van der Waals surface area contributed by atoms with Crippen LogP contribution >= 0.6 is 0 Å². The standard InChI is InChI=1S/C14H13F3O.C8H19NO5.C3H8/c15-14(16,17)12-6-8-13(9-7-12)18-10-11-4-2-1-3-5-11;1-5(11)6(3-4-10)14-7(9-2)8(12)13;1-3-2/h1-8,13H,9-10H2;5-13H,3-4H2,1-2H3;3H2,1-2H3. The van der Waals surface area contributed by atoms with Gasteiger partial charge in [0.25, 0.3) is 0 Å². The second kappa shape index (κ2) is 18.5. The third-order valence-electron chi connectivity index (χ3n) is 4.52. The van der Waals surface area contributed by atoms with Crippen LogP contribution < -0.4 is 5.32 Å². The van der Waals surface area contributed by atoms with Gasteiger partial charge >= 0.3 is 6.18 Å². The molecule has 7 nitrogen and oxygen atoms in total. The number of allylic oxidation sites excluding steroid dienone is 2. The van der Waals surface area contributed by atoms with Crippen molar-refractivity contribution in [3.8, 4) is 0 Å². The van der Waals surface area contributed by atoms with E-state index < -0.39 is 36.5 Å². The molecule has 1 aliphatic carbocycles. The number of rotatable bonds is 10. The lowest BCUT2D eigenvalue weighted by atomic mass is 10.0. The van der Waals surface area contributed by atoms with Crippen LogP contribution in [0.15, 0.2) is 54.1 Å². The molecule has 1 aromatic rings. The van der Waals surface area contributed by atoms with E-state index in [2.05, 4.69) is 19.2 Å². The Kier molecular flexibility index (Phi) is 17.5. The number of nitrogens with one attached hydrogen (secondary N) is 1. The largest absolute Gasteiger partial charge is 0.416 e. The Bertz CT molecular complexity index is 711. The molecule has 1 aromatic carbocycles. The van der Waals surface area contributed by atoms with Crippen LogP contribution in [-0.2, 0) is 16.1 Å². The highest BCUT2D eigenvalue weighted by Crippen LogP contribution is 2.30. The van der Waals surface area contributed by atoms with Gasteiger partial charge in [0.2, 0.25) is 0 Å². The molecular formula is C25H40F3NO6. The van der Waals surface area contributed by atoms with E-state index in [4.69, 9.17) is 24.8 Å². The molecule has 0 heterocycles. The van der Waals surface area contributed by atoms with Gasteiger partial charge in [-0.15, -0.1) is 0 Å². The molecule has 202 valence electrons. The molecule has 10 heteroatoms. The van der Waals surface area contributed by atoms with Crippen LogP contribution in [0.3, 0.4) is 0 Å². The first-order chi connectivity index (χ1) is 16.5. The number of halogens is 3. The summed E-state index contributed by atoms with van der Waals surface area (Å²) < 4.78 is 47.7. The molecule has 0 aliphatic heterocycles. The Hall–Kier alpha value is -1.79. The van der Waals surface area contributed by atoms with Gasteiger partial charge < -0.3 is 29.9 Å². The Labute approximate surface area is 205 Å². The molecule has 0 fully saturated rings. The maximum atomic E-state index is 12.4. The molecule has 0 radical (unpaired) electrons. The lowest BCUT2D eigenvalue weighted by molar-refractivity contribution is -0.190. The average molecular weight is 508 g/mol. The predicted molar refractivity (Wildman–Crippen MR) is 128 cm³/mol. The fourth-order valence-electron chi connectivity index (χ4n) is 2.74. The number of likely N-dealkylation sites (N-methyl/N-ethyl adjacent to an activating group) is 1. The summed E-state index contributed by atoms with van der Waals surface area (Å²) >= 11 is 0. The first-order valence-electron chi connectivity index (χ1n) is 11.6. The molecule has 0 saturated carbocycles. The Morgan fingerprint density at radius 3 is 2.11 bits per heavy atom. The van der Waals surface area contributed by atoms with Crippen molar-refractivity contribution in [2.75, 3.05) is 13.7 Å². The molecule has 1 aliphatic rings. The van der Waals surface area contributed by atoms with E-state index in [-0.39, 0.29) is 25.6 Å². The summed E-state index contributed by atoms with van der Waals surface area (Å²) in [5, 5.41) is 38.1. The van der Waals surface area contributed by atoms with Crippen LogP contribution in [-0.4, -0.2) is 71.1 Å². The number of ether oxygens (including phenoxy) is 2. The number of aliphatic hydroxyl groups is 4. The van der Waals surface area contributed by atoms with Crippen molar-refractivity contribution in [2.45, 2.75) is 83.6 Å². The van der Waals surface area contributed by atoms with Crippen molar-refractivity contribution in [2.24, 2.45) is 0 Å². The van der Waals surface area contributed by atoms with Crippen molar-refractivity contribution in [1.82, 2.24) is 5.32 Å². The van der Waals surface area contributed by atoms with Crippen molar-refractivity contribution in [3.05, 3.63) is 59.7 Å². The van der Waals surface area contributed by atoms with E-state index in [9.17, 15) is 18.3 Å². The van der Waals surface area contributed by atoms with Crippen LogP contribution in [0.2, 0.25) is 0 Å². The van der Waals surface area contributed by atoms with Crippen LogP contribution in [0.1, 0.15) is 45.6 Å². The Balaban J connectivity index is 0.000000612. The van der Waals surface area contributed by atoms with E-state index in [0.29, 0.717) is 6.61 Å². The number of hydrogen-bond donors (Lipinski definition) is 5. The second-order valence-electron chi connectivity index (χ2n) is 7.84. The zero-order chi connectivity index (χ0) is 26.9. The minimum atomic E-state index is -4.26. The maximum absolute atomic E-state index is 12.4. The van der Waals surface area contributed by atoms with E-state index in [0.717, 1.165) is 11.6 Å². The third-order valence-corrected chi connectivity index (χ3v) is 4.52. The topological polar surface area (TPSA) is 111 Å². The molecule has 5 N–H and O–H groups in total. The number of aliphatic hydroxyl groups excluding tert-OH is 3. The van der Waals surface area contributed by atoms with Crippen LogP contribution in [0.4, 0.5) is 13.2 Å². The van der Waals surface area contributed by atoms with Gasteiger partial charge in [-0.05, 0) is 32.4 Å². The minimum Gasteiger partial charge on any atom is -0.396 e. The highest BCUT2D eigenvalue weighted by Gasteiger charge is 2.33. The molecule has 0 amide bonds. The Morgan fingerprint density at radius 2 is 1.71 bits per heavy atom. The van der Waals surface area contributed by atoms with Gasteiger partial charge in [0.15, 0.2) is 12.5 Å². The van der Waals surface area contributed by atoms with Crippen molar-refractivity contribution < 1.29 is 43.1 Å². The van der Waals surface area contributed by atoms with E-state index in [1.165, 1.54) is 32.5 Å². The maximum Gasteiger partial charge on any atom is 0.416 e. The molecule has 4 atom stereocenters. The van der Waals surface area contributed by atoms with Crippen LogP contribution in [0.25, 0.3) is 0 Å². The lowest BCUT2D eigenvalue weighted by Crippen LogP contribution is -2.45. The quantitative estimate of drug-likeness (QED) is 0.309. The molecular weight excluding hydrogens is 467 g/mol. The molecule has 0 spiro atoms. The monoisotopic (exact) mass is 507 g/mol. The summed E-state index contributed by atoms with van der Waals surface area (Å²) in [5.41, 5.74) is 0.415. The lowest BCUT2D eigenvalue weighted by Gasteiger charge is -2.26. The first-order valence-corrected chi connectivity index (χ1v) is 11.6. The molecule has 2 rings (SSSR count). The summed E-state index contributed by atoms with van der Waals surface area (Å²) in [5.74, 6) is 0. The summed E-state index contributed by atoms with van der Waals surface area (Å²) in [4.78, 5) is 0. The molecule has 4 unspecified atom stereocenters.